The van der Waals surface area contributed by atoms with Gasteiger partial charge in [0.1, 0.15) is 5.75 Å². The van der Waals surface area contributed by atoms with Crippen molar-refractivity contribution in [3.05, 3.63) is 29.8 Å². The molecule has 0 radical (unpaired) electrons. The van der Waals surface area contributed by atoms with Crippen LogP contribution in [-0.4, -0.2) is 35.7 Å². The highest BCUT2D eigenvalue weighted by Gasteiger charge is 2.30. The van der Waals surface area contributed by atoms with Gasteiger partial charge in [0, 0.05) is 24.7 Å². The molecule has 0 amide bonds. The molecule has 2 rings (SSSR count). The number of nitrogens with zero attached hydrogens (tertiary/aromatic N) is 1. The molecule has 1 N–H and O–H groups in total. The molecule has 1 fully saturated rings. The highest BCUT2D eigenvalue weighted by Crippen LogP contribution is 2.31. The van der Waals surface area contributed by atoms with E-state index in [0.717, 1.165) is 17.9 Å². The maximum absolute atomic E-state index is 10.6. The van der Waals surface area contributed by atoms with E-state index in [9.17, 15) is 5.11 Å². The van der Waals surface area contributed by atoms with Crippen molar-refractivity contribution in [2.75, 3.05) is 19.7 Å². The Balaban J connectivity index is 2.08. The lowest BCUT2D eigenvalue weighted by Gasteiger charge is -2.42. The second-order valence-corrected chi connectivity index (χ2v) is 6.50. The van der Waals surface area contributed by atoms with Crippen LogP contribution in [0.1, 0.15) is 45.8 Å². The molecule has 1 aliphatic heterocycles. The molecule has 0 saturated carbocycles. The van der Waals surface area contributed by atoms with Crippen molar-refractivity contribution in [3.8, 4) is 5.75 Å². The fourth-order valence-corrected chi connectivity index (χ4v) is 3.44. The van der Waals surface area contributed by atoms with E-state index in [-0.39, 0.29) is 0 Å². The van der Waals surface area contributed by atoms with E-state index >= 15 is 0 Å². The Morgan fingerprint density at radius 2 is 2.00 bits per heavy atom. The van der Waals surface area contributed by atoms with Crippen molar-refractivity contribution in [1.82, 2.24) is 4.90 Å². The lowest BCUT2D eigenvalue weighted by molar-refractivity contribution is 0.0307. The van der Waals surface area contributed by atoms with Gasteiger partial charge in [0.25, 0.3) is 0 Å². The lowest BCUT2D eigenvalue weighted by atomic mass is 9.85. The molecule has 1 heterocycles. The van der Waals surface area contributed by atoms with Gasteiger partial charge in [-0.1, -0.05) is 32.0 Å². The van der Waals surface area contributed by atoms with Crippen LogP contribution in [0.2, 0.25) is 0 Å². The number of aliphatic hydroxyl groups is 1. The fraction of sp³-hybridized carbons (Fsp3) is 0.667. The van der Waals surface area contributed by atoms with Gasteiger partial charge in [0.2, 0.25) is 0 Å². The van der Waals surface area contributed by atoms with Crippen molar-refractivity contribution < 1.29 is 9.84 Å². The number of aliphatic hydroxyl groups excluding tert-OH is 1. The standard InChI is InChI=1S/C18H29NO2/c1-5-21-18-9-7-6-8-16(18)17(20)12-19-11-13(2)10-14(3)15(19)4/h6-9,13-15,17,20H,5,10-12H2,1-4H3. The molecule has 0 spiro atoms. The van der Waals surface area contributed by atoms with Crippen LogP contribution in [0, 0.1) is 11.8 Å². The van der Waals surface area contributed by atoms with Crippen LogP contribution in [0.3, 0.4) is 0 Å². The van der Waals surface area contributed by atoms with E-state index in [1.165, 1.54) is 6.42 Å². The number of para-hydroxylation sites is 1. The molecule has 1 aromatic rings. The first-order chi connectivity index (χ1) is 10.0. The minimum Gasteiger partial charge on any atom is -0.493 e. The Morgan fingerprint density at radius 1 is 1.29 bits per heavy atom. The van der Waals surface area contributed by atoms with E-state index in [2.05, 4.69) is 25.7 Å². The number of ether oxygens (including phenoxy) is 1. The highest BCUT2D eigenvalue weighted by molar-refractivity contribution is 5.35. The number of hydrogen-bond donors (Lipinski definition) is 1. The molecule has 118 valence electrons. The van der Waals surface area contributed by atoms with Gasteiger partial charge in [0.05, 0.1) is 12.7 Å². The second-order valence-electron chi connectivity index (χ2n) is 6.50. The lowest BCUT2D eigenvalue weighted by Crippen LogP contribution is -2.47. The van der Waals surface area contributed by atoms with Crippen molar-refractivity contribution in [1.29, 1.82) is 0 Å². The van der Waals surface area contributed by atoms with E-state index in [0.29, 0.717) is 31.0 Å². The van der Waals surface area contributed by atoms with Crippen LogP contribution in [0.25, 0.3) is 0 Å². The minimum absolute atomic E-state index is 0.493. The third-order valence-electron chi connectivity index (χ3n) is 4.71. The number of rotatable bonds is 5. The number of likely N-dealkylation sites (tertiary alicyclic amines) is 1. The van der Waals surface area contributed by atoms with Crippen LogP contribution in [-0.2, 0) is 0 Å². The second kappa shape index (κ2) is 7.28. The minimum atomic E-state index is -0.493. The molecule has 4 atom stereocenters. The molecule has 0 aliphatic carbocycles. The predicted octanol–water partition coefficient (Wildman–Crippen LogP) is 3.49. The van der Waals surface area contributed by atoms with Crippen LogP contribution < -0.4 is 4.74 Å². The van der Waals surface area contributed by atoms with E-state index in [1.807, 2.05) is 31.2 Å². The topological polar surface area (TPSA) is 32.7 Å². The molecule has 21 heavy (non-hydrogen) atoms. The molecule has 3 nitrogen and oxygen atoms in total. The van der Waals surface area contributed by atoms with Crippen molar-refractivity contribution in [3.63, 3.8) is 0 Å². The van der Waals surface area contributed by atoms with Crippen LogP contribution >= 0.6 is 0 Å². The van der Waals surface area contributed by atoms with E-state index in [1.54, 1.807) is 0 Å². The van der Waals surface area contributed by atoms with Crippen molar-refractivity contribution in [2.24, 2.45) is 11.8 Å². The smallest absolute Gasteiger partial charge is 0.125 e. The average molecular weight is 291 g/mol. The predicted molar refractivity (Wildman–Crippen MR) is 86.6 cm³/mol. The summed E-state index contributed by atoms with van der Waals surface area (Å²) in [5.41, 5.74) is 0.900. The zero-order valence-corrected chi connectivity index (χ0v) is 13.7. The largest absolute Gasteiger partial charge is 0.493 e. The van der Waals surface area contributed by atoms with Gasteiger partial charge in [-0.15, -0.1) is 0 Å². The Labute approximate surface area is 128 Å². The molecule has 0 aromatic heterocycles. The normalized spacial score (nSPS) is 28.3. The quantitative estimate of drug-likeness (QED) is 0.901. The van der Waals surface area contributed by atoms with Crippen LogP contribution in [0.5, 0.6) is 5.75 Å². The zero-order chi connectivity index (χ0) is 15.4. The Morgan fingerprint density at radius 3 is 2.71 bits per heavy atom. The number of piperidine rings is 1. The van der Waals surface area contributed by atoms with Crippen molar-refractivity contribution >= 4 is 0 Å². The van der Waals surface area contributed by atoms with Gasteiger partial charge in [-0.05, 0) is 38.2 Å². The van der Waals surface area contributed by atoms with Gasteiger partial charge in [-0.2, -0.15) is 0 Å². The summed E-state index contributed by atoms with van der Waals surface area (Å²) in [6.07, 6.45) is 0.788. The van der Waals surface area contributed by atoms with Gasteiger partial charge in [0.15, 0.2) is 0 Å². The van der Waals surface area contributed by atoms with Gasteiger partial charge >= 0.3 is 0 Å². The molecule has 3 heteroatoms. The van der Waals surface area contributed by atoms with Crippen LogP contribution in [0.4, 0.5) is 0 Å². The summed E-state index contributed by atoms with van der Waals surface area (Å²) in [6, 6.07) is 8.35. The third kappa shape index (κ3) is 3.98. The summed E-state index contributed by atoms with van der Waals surface area (Å²) in [7, 11) is 0. The molecular formula is C18H29NO2. The van der Waals surface area contributed by atoms with E-state index in [4.69, 9.17) is 4.74 Å². The zero-order valence-electron chi connectivity index (χ0n) is 13.7. The number of hydrogen-bond acceptors (Lipinski definition) is 3. The first-order valence-corrected chi connectivity index (χ1v) is 8.16. The highest BCUT2D eigenvalue weighted by atomic mass is 16.5. The summed E-state index contributed by atoms with van der Waals surface area (Å²) in [5.74, 6) is 2.19. The Bertz CT molecular complexity index is 449. The monoisotopic (exact) mass is 291 g/mol. The van der Waals surface area contributed by atoms with E-state index < -0.39 is 6.10 Å². The molecule has 4 unspecified atom stereocenters. The first-order valence-electron chi connectivity index (χ1n) is 8.16. The molecular weight excluding hydrogens is 262 g/mol. The maximum atomic E-state index is 10.6. The van der Waals surface area contributed by atoms with Gasteiger partial charge < -0.3 is 9.84 Å². The number of benzene rings is 1. The Kier molecular flexibility index (Phi) is 5.65. The number of β-amino-alcohol motifs (C(OH)–C–C–N with tert-alkyl or cyclic N) is 1. The fourth-order valence-electron chi connectivity index (χ4n) is 3.44. The van der Waals surface area contributed by atoms with Crippen LogP contribution in [0.15, 0.2) is 24.3 Å². The van der Waals surface area contributed by atoms with Gasteiger partial charge in [-0.3, -0.25) is 4.90 Å². The summed E-state index contributed by atoms with van der Waals surface area (Å²) in [4.78, 5) is 2.42. The first kappa shape index (κ1) is 16.3. The molecule has 1 aliphatic rings. The summed E-state index contributed by atoms with van der Waals surface area (Å²) in [5, 5.41) is 10.6. The summed E-state index contributed by atoms with van der Waals surface area (Å²) < 4.78 is 5.64. The maximum Gasteiger partial charge on any atom is 0.125 e. The SMILES string of the molecule is CCOc1ccccc1C(O)CN1CC(C)CC(C)C1C. The summed E-state index contributed by atoms with van der Waals surface area (Å²) >= 11 is 0. The average Bonchev–Trinajstić information content (AvgIpc) is 2.45. The molecule has 1 saturated heterocycles. The van der Waals surface area contributed by atoms with Gasteiger partial charge in [-0.25, -0.2) is 0 Å². The molecule has 1 aromatic carbocycles. The summed E-state index contributed by atoms with van der Waals surface area (Å²) in [6.45, 7) is 11.2. The van der Waals surface area contributed by atoms with Crippen molar-refractivity contribution in [2.45, 2.75) is 46.3 Å². The Hall–Kier alpha value is -1.06. The molecule has 0 bridgehead atoms. The third-order valence-corrected chi connectivity index (χ3v) is 4.71.